The summed E-state index contributed by atoms with van der Waals surface area (Å²) in [6.07, 6.45) is 2.58. The molecule has 0 radical (unpaired) electrons. The van der Waals surface area contributed by atoms with Gasteiger partial charge in [0.2, 0.25) is 0 Å². The number of carbonyl (C=O) groups excluding carboxylic acids is 1. The Labute approximate surface area is 158 Å². The van der Waals surface area contributed by atoms with E-state index in [1.165, 1.54) is 31.5 Å². The van der Waals surface area contributed by atoms with Crippen molar-refractivity contribution in [1.29, 1.82) is 0 Å². The van der Waals surface area contributed by atoms with Crippen molar-refractivity contribution >= 4 is 22.6 Å². The van der Waals surface area contributed by atoms with E-state index < -0.39 is 0 Å². The number of carbonyl (C=O) groups is 1. The number of benzene rings is 2. The summed E-state index contributed by atoms with van der Waals surface area (Å²) in [7, 11) is 1.61. The van der Waals surface area contributed by atoms with Gasteiger partial charge in [-0.3, -0.25) is 9.69 Å². The number of nitrogens with one attached hydrogen (secondary N) is 1. The van der Waals surface area contributed by atoms with E-state index in [1.807, 2.05) is 31.2 Å². The first-order valence-corrected chi connectivity index (χ1v) is 9.34. The maximum atomic E-state index is 12.7. The highest BCUT2D eigenvalue weighted by Gasteiger charge is 2.18. The molecule has 140 valence electrons. The second-order valence-electron chi connectivity index (χ2n) is 7.05. The number of aryl methyl sites for hydroxylation is 1. The lowest BCUT2D eigenvalue weighted by Crippen LogP contribution is -2.18. The normalized spacial score (nSPS) is 14.6. The Morgan fingerprint density at radius 3 is 2.59 bits per heavy atom. The summed E-state index contributed by atoms with van der Waals surface area (Å²) in [4.78, 5) is 15.1. The summed E-state index contributed by atoms with van der Waals surface area (Å²) in [5.74, 6) is 0.797. The first-order chi connectivity index (χ1) is 13.1. The second-order valence-corrected chi connectivity index (χ2v) is 7.05. The first-order valence-electron chi connectivity index (χ1n) is 9.34. The van der Waals surface area contributed by atoms with Crippen LogP contribution < -0.4 is 10.1 Å². The zero-order chi connectivity index (χ0) is 18.8. The van der Waals surface area contributed by atoms with E-state index in [4.69, 9.17) is 9.15 Å². The van der Waals surface area contributed by atoms with Crippen LogP contribution in [0.4, 0.5) is 5.69 Å². The number of methoxy groups -OCH3 is 1. The van der Waals surface area contributed by atoms with Crippen molar-refractivity contribution < 1.29 is 13.9 Å². The van der Waals surface area contributed by atoms with Gasteiger partial charge in [-0.15, -0.1) is 0 Å². The fourth-order valence-corrected chi connectivity index (χ4v) is 3.63. The van der Waals surface area contributed by atoms with Gasteiger partial charge in [0.1, 0.15) is 11.3 Å². The summed E-state index contributed by atoms with van der Waals surface area (Å²) in [5.41, 5.74) is 3.51. The molecule has 2 aromatic carbocycles. The van der Waals surface area contributed by atoms with E-state index in [0.717, 1.165) is 23.2 Å². The molecule has 1 amide bonds. The Bertz CT molecular complexity index is 954. The molecule has 0 atom stereocenters. The minimum absolute atomic E-state index is 0.241. The van der Waals surface area contributed by atoms with Gasteiger partial charge < -0.3 is 14.5 Å². The molecular weight excluding hydrogens is 340 g/mol. The highest BCUT2D eigenvalue weighted by atomic mass is 16.5. The van der Waals surface area contributed by atoms with Crippen LogP contribution in [0, 0.1) is 6.92 Å². The SMILES string of the molecule is COc1ccc2c(C)c(C(=O)Nc3ccc(CN4CCCC4)cc3)oc2c1. The molecule has 1 aromatic heterocycles. The minimum atomic E-state index is -0.241. The van der Waals surface area contributed by atoms with Gasteiger partial charge in [0.05, 0.1) is 7.11 Å². The summed E-state index contributed by atoms with van der Waals surface area (Å²) in [5, 5.41) is 3.85. The van der Waals surface area contributed by atoms with Gasteiger partial charge >= 0.3 is 0 Å². The third-order valence-electron chi connectivity index (χ3n) is 5.17. The van der Waals surface area contributed by atoms with E-state index >= 15 is 0 Å². The molecule has 3 aromatic rings. The topological polar surface area (TPSA) is 54.7 Å². The van der Waals surface area contributed by atoms with E-state index in [2.05, 4.69) is 22.3 Å². The maximum absolute atomic E-state index is 12.7. The van der Waals surface area contributed by atoms with E-state index in [-0.39, 0.29) is 5.91 Å². The molecule has 0 spiro atoms. The molecule has 1 fully saturated rings. The highest BCUT2D eigenvalue weighted by molar-refractivity contribution is 6.06. The van der Waals surface area contributed by atoms with Crippen LogP contribution in [0.2, 0.25) is 0 Å². The Morgan fingerprint density at radius 1 is 1.15 bits per heavy atom. The molecule has 0 aliphatic carbocycles. The average Bonchev–Trinajstić information content (AvgIpc) is 3.31. The smallest absolute Gasteiger partial charge is 0.291 e. The average molecular weight is 364 g/mol. The van der Waals surface area contributed by atoms with Gasteiger partial charge in [-0.2, -0.15) is 0 Å². The molecule has 1 saturated heterocycles. The van der Waals surface area contributed by atoms with Crippen LogP contribution in [0.3, 0.4) is 0 Å². The number of hydrogen-bond donors (Lipinski definition) is 1. The number of furan rings is 1. The number of fused-ring (bicyclic) bond motifs is 1. The number of anilines is 1. The number of nitrogens with zero attached hydrogens (tertiary/aromatic N) is 1. The number of amides is 1. The molecule has 0 saturated carbocycles. The van der Waals surface area contributed by atoms with Crippen LogP contribution in [0.1, 0.15) is 34.5 Å². The Kier molecular flexibility index (Phi) is 4.86. The summed E-state index contributed by atoms with van der Waals surface area (Å²) in [6, 6.07) is 13.6. The number of hydrogen-bond acceptors (Lipinski definition) is 4. The molecule has 27 heavy (non-hydrogen) atoms. The van der Waals surface area contributed by atoms with Gasteiger partial charge in [-0.1, -0.05) is 12.1 Å². The van der Waals surface area contributed by atoms with Crippen LogP contribution in [0.25, 0.3) is 11.0 Å². The van der Waals surface area contributed by atoms with Gasteiger partial charge in [-0.05, 0) is 62.7 Å². The number of rotatable bonds is 5. The Balaban J connectivity index is 1.48. The van der Waals surface area contributed by atoms with Crippen molar-refractivity contribution in [3.8, 4) is 5.75 Å². The molecule has 4 rings (SSSR count). The molecule has 1 aliphatic heterocycles. The largest absolute Gasteiger partial charge is 0.497 e. The lowest BCUT2D eigenvalue weighted by Gasteiger charge is -2.14. The molecule has 0 unspecified atom stereocenters. The fraction of sp³-hybridized carbons (Fsp3) is 0.318. The molecule has 5 heteroatoms. The van der Waals surface area contributed by atoms with Crippen molar-refractivity contribution in [2.75, 3.05) is 25.5 Å². The third-order valence-corrected chi connectivity index (χ3v) is 5.17. The summed E-state index contributed by atoms with van der Waals surface area (Å²) < 4.78 is 11.0. The van der Waals surface area contributed by atoms with Crippen molar-refractivity contribution in [2.45, 2.75) is 26.3 Å². The standard InChI is InChI=1S/C22H24N2O3/c1-15-19-10-9-18(26-2)13-20(19)27-21(15)22(25)23-17-7-5-16(6-8-17)14-24-11-3-4-12-24/h5-10,13H,3-4,11-12,14H2,1-2H3,(H,23,25). The van der Waals surface area contributed by atoms with Crippen LogP contribution in [0.15, 0.2) is 46.9 Å². The summed E-state index contributed by atoms with van der Waals surface area (Å²) in [6.45, 7) is 5.22. The van der Waals surface area contributed by atoms with Crippen molar-refractivity contribution in [2.24, 2.45) is 0 Å². The lowest BCUT2D eigenvalue weighted by atomic mass is 10.1. The highest BCUT2D eigenvalue weighted by Crippen LogP contribution is 2.29. The van der Waals surface area contributed by atoms with E-state index in [1.54, 1.807) is 13.2 Å². The lowest BCUT2D eigenvalue weighted by molar-refractivity contribution is 0.0998. The monoisotopic (exact) mass is 364 g/mol. The maximum Gasteiger partial charge on any atom is 0.291 e. The van der Waals surface area contributed by atoms with Crippen LogP contribution in [0.5, 0.6) is 5.75 Å². The van der Waals surface area contributed by atoms with Crippen molar-refractivity contribution in [3.63, 3.8) is 0 Å². The van der Waals surface area contributed by atoms with Gasteiger partial charge in [0.15, 0.2) is 5.76 Å². The molecule has 0 bridgehead atoms. The summed E-state index contributed by atoms with van der Waals surface area (Å²) >= 11 is 0. The van der Waals surface area contributed by atoms with E-state index in [9.17, 15) is 4.79 Å². The second kappa shape index (κ2) is 7.45. The number of ether oxygens (including phenoxy) is 1. The quantitative estimate of drug-likeness (QED) is 0.719. The Hall–Kier alpha value is -2.79. The van der Waals surface area contributed by atoms with Crippen LogP contribution in [-0.4, -0.2) is 31.0 Å². The van der Waals surface area contributed by atoms with Crippen LogP contribution in [-0.2, 0) is 6.54 Å². The number of likely N-dealkylation sites (tertiary alicyclic amines) is 1. The molecule has 2 heterocycles. The van der Waals surface area contributed by atoms with Crippen LogP contribution >= 0.6 is 0 Å². The Morgan fingerprint density at radius 2 is 1.89 bits per heavy atom. The van der Waals surface area contributed by atoms with Crippen molar-refractivity contribution in [3.05, 3.63) is 59.4 Å². The van der Waals surface area contributed by atoms with Gasteiger partial charge in [-0.25, -0.2) is 0 Å². The minimum Gasteiger partial charge on any atom is -0.497 e. The van der Waals surface area contributed by atoms with Gasteiger partial charge in [0.25, 0.3) is 5.91 Å². The molecular formula is C22H24N2O3. The predicted octanol–water partition coefficient (Wildman–Crippen LogP) is 4.60. The van der Waals surface area contributed by atoms with Crippen molar-refractivity contribution in [1.82, 2.24) is 4.90 Å². The fourth-order valence-electron chi connectivity index (χ4n) is 3.63. The molecule has 1 aliphatic rings. The predicted molar refractivity (Wildman–Crippen MR) is 106 cm³/mol. The zero-order valence-corrected chi connectivity index (χ0v) is 15.7. The first kappa shape index (κ1) is 17.6. The van der Waals surface area contributed by atoms with E-state index in [0.29, 0.717) is 17.1 Å². The third kappa shape index (κ3) is 3.69. The molecule has 5 nitrogen and oxygen atoms in total. The molecule has 1 N–H and O–H groups in total. The van der Waals surface area contributed by atoms with Gasteiger partial charge in [0, 0.05) is 29.2 Å². The zero-order valence-electron chi connectivity index (χ0n) is 15.7.